The van der Waals surface area contributed by atoms with E-state index < -0.39 is 0 Å². The van der Waals surface area contributed by atoms with E-state index in [1.54, 1.807) is 16.8 Å². The molecule has 0 saturated heterocycles. The molecule has 0 radical (unpaired) electrons. The molecule has 2 N–H and O–H groups in total. The summed E-state index contributed by atoms with van der Waals surface area (Å²) < 4.78 is 14.8. The number of hydrogen-bond donors (Lipinski definition) is 1. The van der Waals surface area contributed by atoms with Crippen molar-refractivity contribution in [3.05, 3.63) is 35.9 Å². The Balaban J connectivity index is 2.11. The highest BCUT2D eigenvalue weighted by molar-refractivity contribution is 5.35. The lowest BCUT2D eigenvalue weighted by atomic mass is 10.3. The van der Waals surface area contributed by atoms with E-state index in [0.29, 0.717) is 11.6 Å². The first-order valence-corrected chi connectivity index (χ1v) is 5.22. The van der Waals surface area contributed by atoms with Crippen LogP contribution in [0.5, 0.6) is 0 Å². The number of nitrogens with two attached hydrogens (primary N) is 1. The zero-order chi connectivity index (χ0) is 11.1. The summed E-state index contributed by atoms with van der Waals surface area (Å²) in [5, 5.41) is 4.10. The molecule has 4 nitrogen and oxygen atoms in total. The largest absolute Gasteiger partial charge is 0.366 e. The lowest BCUT2D eigenvalue weighted by molar-refractivity contribution is 0.624. The summed E-state index contributed by atoms with van der Waals surface area (Å²) in [7, 11) is 0. The van der Waals surface area contributed by atoms with E-state index in [4.69, 9.17) is 5.73 Å². The predicted octanol–water partition coefficient (Wildman–Crippen LogP) is 1.87. The Labute approximate surface area is 91.9 Å². The zero-order valence-corrected chi connectivity index (χ0v) is 8.60. The third-order valence-electron chi connectivity index (χ3n) is 2.64. The molecule has 0 amide bonds. The Hall–Kier alpha value is -1.91. The van der Waals surface area contributed by atoms with E-state index in [0.717, 1.165) is 18.7 Å². The molecule has 16 heavy (non-hydrogen) atoms. The third-order valence-corrected chi connectivity index (χ3v) is 2.64. The average molecular weight is 218 g/mol. The van der Waals surface area contributed by atoms with Crippen LogP contribution in [0.25, 0.3) is 5.69 Å². The van der Waals surface area contributed by atoms with Gasteiger partial charge in [0.1, 0.15) is 11.6 Å². The van der Waals surface area contributed by atoms with Gasteiger partial charge in [0, 0.05) is 5.92 Å². The van der Waals surface area contributed by atoms with Crippen molar-refractivity contribution in [1.29, 1.82) is 0 Å². The molecule has 1 fully saturated rings. The van der Waals surface area contributed by atoms with Gasteiger partial charge in [0.15, 0.2) is 0 Å². The SMILES string of the molecule is Nc1nc(C2CC2)n(-c2cccc(F)c2)n1. The van der Waals surface area contributed by atoms with Crippen molar-refractivity contribution in [2.45, 2.75) is 18.8 Å². The minimum Gasteiger partial charge on any atom is -0.366 e. The number of rotatable bonds is 2. The van der Waals surface area contributed by atoms with Gasteiger partial charge in [-0.05, 0) is 31.0 Å². The Kier molecular flexibility index (Phi) is 1.92. The van der Waals surface area contributed by atoms with Crippen LogP contribution in [0.4, 0.5) is 10.3 Å². The van der Waals surface area contributed by atoms with Gasteiger partial charge < -0.3 is 5.73 Å². The summed E-state index contributed by atoms with van der Waals surface area (Å²) in [6.07, 6.45) is 2.21. The topological polar surface area (TPSA) is 56.7 Å². The van der Waals surface area contributed by atoms with Gasteiger partial charge in [-0.3, -0.25) is 0 Å². The number of aromatic nitrogens is 3. The number of benzene rings is 1. The summed E-state index contributed by atoms with van der Waals surface area (Å²) >= 11 is 0. The van der Waals surface area contributed by atoms with Crippen LogP contribution >= 0.6 is 0 Å². The molecule has 1 aromatic heterocycles. The molecule has 1 aliphatic rings. The lowest BCUT2D eigenvalue weighted by Crippen LogP contribution is -2.02. The second kappa shape index (κ2) is 3.30. The van der Waals surface area contributed by atoms with Gasteiger partial charge in [-0.15, -0.1) is 5.10 Å². The molecule has 1 aliphatic carbocycles. The number of nitrogen functional groups attached to an aromatic ring is 1. The number of anilines is 1. The molecule has 1 saturated carbocycles. The van der Waals surface area contributed by atoms with Crippen LogP contribution in [-0.4, -0.2) is 14.8 Å². The van der Waals surface area contributed by atoms with Gasteiger partial charge in [-0.1, -0.05) is 6.07 Å². The van der Waals surface area contributed by atoms with Crippen LogP contribution < -0.4 is 5.73 Å². The maximum Gasteiger partial charge on any atom is 0.240 e. The Morgan fingerprint density at radius 1 is 1.38 bits per heavy atom. The second-order valence-corrected chi connectivity index (χ2v) is 3.99. The second-order valence-electron chi connectivity index (χ2n) is 3.99. The third kappa shape index (κ3) is 1.54. The molecule has 2 aromatic rings. The standard InChI is InChI=1S/C11H11FN4/c12-8-2-1-3-9(6-8)16-10(7-4-5-7)14-11(13)15-16/h1-3,6-7H,4-5H2,(H2,13,15). The van der Waals surface area contributed by atoms with Gasteiger partial charge in [-0.2, -0.15) is 4.98 Å². The average Bonchev–Trinajstić information content (AvgIpc) is 3.02. The van der Waals surface area contributed by atoms with Crippen LogP contribution in [0.1, 0.15) is 24.6 Å². The Morgan fingerprint density at radius 3 is 2.88 bits per heavy atom. The highest BCUT2D eigenvalue weighted by atomic mass is 19.1. The van der Waals surface area contributed by atoms with Crippen LogP contribution in [-0.2, 0) is 0 Å². The predicted molar refractivity (Wildman–Crippen MR) is 57.7 cm³/mol. The Morgan fingerprint density at radius 2 is 2.19 bits per heavy atom. The summed E-state index contributed by atoms with van der Waals surface area (Å²) in [5.74, 6) is 1.22. The zero-order valence-electron chi connectivity index (χ0n) is 8.60. The summed E-state index contributed by atoms with van der Waals surface area (Å²) in [6.45, 7) is 0. The van der Waals surface area contributed by atoms with Crippen molar-refractivity contribution in [3.63, 3.8) is 0 Å². The molecule has 0 atom stereocenters. The molecular formula is C11H11FN4. The van der Waals surface area contributed by atoms with Crippen molar-refractivity contribution in [2.24, 2.45) is 0 Å². The van der Waals surface area contributed by atoms with E-state index in [2.05, 4.69) is 10.1 Å². The molecule has 0 spiro atoms. The summed E-state index contributed by atoms with van der Waals surface area (Å²) in [5.41, 5.74) is 6.26. The van der Waals surface area contributed by atoms with Crippen LogP contribution in [0.15, 0.2) is 24.3 Å². The van der Waals surface area contributed by atoms with E-state index in [-0.39, 0.29) is 11.8 Å². The minimum atomic E-state index is -0.284. The smallest absolute Gasteiger partial charge is 0.240 e. The first-order valence-electron chi connectivity index (χ1n) is 5.22. The van der Waals surface area contributed by atoms with Crippen molar-refractivity contribution in [2.75, 3.05) is 5.73 Å². The van der Waals surface area contributed by atoms with Crippen LogP contribution in [0, 0.1) is 5.82 Å². The number of halogens is 1. The van der Waals surface area contributed by atoms with Crippen LogP contribution in [0.2, 0.25) is 0 Å². The van der Waals surface area contributed by atoms with E-state index in [1.807, 2.05) is 0 Å². The van der Waals surface area contributed by atoms with Crippen molar-refractivity contribution in [1.82, 2.24) is 14.8 Å². The fraction of sp³-hybridized carbons (Fsp3) is 0.273. The summed E-state index contributed by atoms with van der Waals surface area (Å²) in [6, 6.07) is 6.28. The maximum atomic E-state index is 13.1. The number of hydrogen-bond acceptors (Lipinski definition) is 3. The number of nitrogens with zero attached hydrogens (tertiary/aromatic N) is 3. The van der Waals surface area contributed by atoms with E-state index in [9.17, 15) is 4.39 Å². The lowest BCUT2D eigenvalue weighted by Gasteiger charge is -2.04. The van der Waals surface area contributed by atoms with Gasteiger partial charge >= 0.3 is 0 Å². The molecule has 5 heteroatoms. The van der Waals surface area contributed by atoms with Crippen molar-refractivity contribution in [3.8, 4) is 5.69 Å². The van der Waals surface area contributed by atoms with Gasteiger partial charge in [0.05, 0.1) is 5.69 Å². The van der Waals surface area contributed by atoms with E-state index >= 15 is 0 Å². The van der Waals surface area contributed by atoms with E-state index in [1.165, 1.54) is 12.1 Å². The molecular weight excluding hydrogens is 207 g/mol. The fourth-order valence-corrected chi connectivity index (χ4v) is 1.74. The van der Waals surface area contributed by atoms with Crippen LogP contribution in [0.3, 0.4) is 0 Å². The van der Waals surface area contributed by atoms with Crippen molar-refractivity contribution < 1.29 is 4.39 Å². The molecule has 3 rings (SSSR count). The highest BCUT2D eigenvalue weighted by Gasteiger charge is 2.30. The highest BCUT2D eigenvalue weighted by Crippen LogP contribution is 2.39. The normalized spacial score (nSPS) is 15.3. The molecule has 1 aromatic carbocycles. The first-order chi connectivity index (χ1) is 7.74. The fourth-order valence-electron chi connectivity index (χ4n) is 1.74. The van der Waals surface area contributed by atoms with Gasteiger partial charge in [-0.25, -0.2) is 9.07 Å². The maximum absolute atomic E-state index is 13.1. The van der Waals surface area contributed by atoms with Gasteiger partial charge in [0.25, 0.3) is 0 Å². The Bertz CT molecular complexity index is 531. The van der Waals surface area contributed by atoms with Crippen molar-refractivity contribution >= 4 is 5.95 Å². The molecule has 1 heterocycles. The first kappa shape index (κ1) is 9.33. The van der Waals surface area contributed by atoms with Gasteiger partial charge in [0.2, 0.25) is 5.95 Å². The quantitative estimate of drug-likeness (QED) is 0.837. The molecule has 0 unspecified atom stereocenters. The monoisotopic (exact) mass is 218 g/mol. The molecule has 82 valence electrons. The minimum absolute atomic E-state index is 0.242. The summed E-state index contributed by atoms with van der Waals surface area (Å²) in [4.78, 5) is 4.19. The molecule has 0 bridgehead atoms. The molecule has 0 aliphatic heterocycles.